The van der Waals surface area contributed by atoms with Gasteiger partial charge in [-0.15, -0.1) is 0 Å². The van der Waals surface area contributed by atoms with Gasteiger partial charge < -0.3 is 9.73 Å². The summed E-state index contributed by atoms with van der Waals surface area (Å²) in [6.45, 7) is 6.43. The zero-order valence-electron chi connectivity index (χ0n) is 15.2. The average molecular weight is 372 g/mol. The fourth-order valence-corrected chi connectivity index (χ4v) is 4.47. The molecule has 3 aromatic rings. The van der Waals surface area contributed by atoms with E-state index in [0.717, 1.165) is 22.3 Å². The van der Waals surface area contributed by atoms with E-state index in [4.69, 9.17) is 4.42 Å². The van der Waals surface area contributed by atoms with E-state index in [1.807, 2.05) is 63.2 Å². The minimum Gasteiger partial charge on any atom is -0.460 e. The second-order valence-corrected chi connectivity index (χ2v) is 8.97. The maximum atomic E-state index is 12.7. The molecular formula is C20H24N2O3S. The molecule has 0 saturated heterocycles. The number of hydrogen-bond acceptors (Lipinski definition) is 4. The summed E-state index contributed by atoms with van der Waals surface area (Å²) < 4.78 is 33.8. The first-order chi connectivity index (χ1) is 12.2. The van der Waals surface area contributed by atoms with Crippen LogP contribution in [-0.4, -0.2) is 14.0 Å². The molecule has 0 aliphatic heterocycles. The van der Waals surface area contributed by atoms with E-state index >= 15 is 0 Å². The lowest BCUT2D eigenvalue weighted by atomic mass is 10.1. The van der Waals surface area contributed by atoms with E-state index in [-0.39, 0.29) is 0 Å². The third-order valence-electron chi connectivity index (χ3n) is 3.79. The van der Waals surface area contributed by atoms with Gasteiger partial charge in [-0.1, -0.05) is 36.4 Å². The molecule has 0 amide bonds. The highest BCUT2D eigenvalue weighted by Crippen LogP contribution is 2.20. The molecule has 0 aliphatic carbocycles. The van der Waals surface area contributed by atoms with Gasteiger partial charge in [0.25, 0.3) is 0 Å². The quantitative estimate of drug-likeness (QED) is 0.690. The predicted molar refractivity (Wildman–Crippen MR) is 103 cm³/mol. The van der Waals surface area contributed by atoms with E-state index in [1.165, 1.54) is 0 Å². The van der Waals surface area contributed by atoms with Crippen molar-refractivity contribution < 1.29 is 12.8 Å². The molecule has 0 spiro atoms. The Morgan fingerprint density at radius 2 is 1.65 bits per heavy atom. The normalized spacial score (nSPS) is 12.6. The molecule has 0 aliphatic rings. The summed E-state index contributed by atoms with van der Waals surface area (Å²) >= 11 is 0. The van der Waals surface area contributed by atoms with E-state index in [1.54, 1.807) is 12.1 Å². The van der Waals surface area contributed by atoms with Crippen LogP contribution in [0.15, 0.2) is 63.9 Å². The van der Waals surface area contributed by atoms with Gasteiger partial charge in [-0.2, -0.15) is 0 Å². The van der Waals surface area contributed by atoms with E-state index < -0.39 is 15.6 Å². The van der Waals surface area contributed by atoms with Crippen LogP contribution >= 0.6 is 0 Å². The Bertz CT molecular complexity index is 968. The summed E-state index contributed by atoms with van der Waals surface area (Å²) in [7, 11) is -3.58. The Hall–Kier alpha value is -2.15. The summed E-state index contributed by atoms with van der Waals surface area (Å²) in [6, 6.07) is 16.9. The van der Waals surface area contributed by atoms with Crippen molar-refractivity contribution in [3.05, 3.63) is 65.9 Å². The van der Waals surface area contributed by atoms with Crippen LogP contribution in [0.4, 0.5) is 0 Å². The van der Waals surface area contributed by atoms with Crippen LogP contribution in [0.5, 0.6) is 0 Å². The first-order valence-electron chi connectivity index (χ1n) is 8.55. The predicted octanol–water partition coefficient (Wildman–Crippen LogP) is 3.80. The molecule has 0 radical (unpaired) electrons. The third kappa shape index (κ3) is 4.52. The van der Waals surface area contributed by atoms with Gasteiger partial charge in [0.05, 0.1) is 11.4 Å². The van der Waals surface area contributed by atoms with Crippen molar-refractivity contribution in [1.29, 1.82) is 0 Å². The molecule has 1 heterocycles. The van der Waals surface area contributed by atoms with Crippen molar-refractivity contribution in [1.82, 2.24) is 10.0 Å². The fraction of sp³-hybridized carbons (Fsp3) is 0.300. The van der Waals surface area contributed by atoms with Crippen molar-refractivity contribution in [3.63, 3.8) is 0 Å². The minimum absolute atomic E-state index is 0.298. The molecule has 0 bridgehead atoms. The SMILES string of the molecule is CC(C)(C)NS(=O)(=O)c1ccccc1CNCc1cc2ccccc2o1. The fourth-order valence-electron chi connectivity index (χ4n) is 2.81. The van der Waals surface area contributed by atoms with Gasteiger partial charge in [0.2, 0.25) is 10.0 Å². The minimum atomic E-state index is -3.58. The monoisotopic (exact) mass is 372 g/mol. The summed E-state index contributed by atoms with van der Waals surface area (Å²) in [5.41, 5.74) is 1.04. The standard InChI is InChI=1S/C20H24N2O3S/c1-20(2,3)22-26(23,24)19-11-7-5-9-16(19)13-21-14-17-12-15-8-4-6-10-18(15)25-17/h4-12,21-22H,13-14H2,1-3H3. The second-order valence-electron chi connectivity index (χ2n) is 7.32. The number of benzene rings is 2. The van der Waals surface area contributed by atoms with E-state index in [0.29, 0.717) is 18.0 Å². The van der Waals surface area contributed by atoms with Gasteiger partial charge >= 0.3 is 0 Å². The molecule has 2 aromatic carbocycles. The number of furan rings is 1. The van der Waals surface area contributed by atoms with Crippen molar-refractivity contribution in [2.45, 2.75) is 44.3 Å². The second kappa shape index (κ2) is 7.23. The largest absolute Gasteiger partial charge is 0.460 e. The zero-order valence-corrected chi connectivity index (χ0v) is 16.1. The molecule has 0 saturated carbocycles. The van der Waals surface area contributed by atoms with Crippen LogP contribution < -0.4 is 10.0 Å². The third-order valence-corrected chi connectivity index (χ3v) is 5.65. The first-order valence-corrected chi connectivity index (χ1v) is 10.0. The maximum absolute atomic E-state index is 12.7. The summed E-state index contributed by atoms with van der Waals surface area (Å²) in [5.74, 6) is 0.819. The molecule has 138 valence electrons. The number of nitrogens with one attached hydrogen (secondary N) is 2. The van der Waals surface area contributed by atoms with Crippen molar-refractivity contribution in [3.8, 4) is 0 Å². The van der Waals surface area contributed by atoms with E-state index in [9.17, 15) is 8.42 Å². The van der Waals surface area contributed by atoms with Crippen LogP contribution in [0.1, 0.15) is 32.1 Å². The lowest BCUT2D eigenvalue weighted by Gasteiger charge is -2.21. The molecule has 0 unspecified atom stereocenters. The molecule has 1 aromatic heterocycles. The molecule has 6 heteroatoms. The molecule has 2 N–H and O–H groups in total. The highest BCUT2D eigenvalue weighted by atomic mass is 32.2. The Kier molecular flexibility index (Phi) is 5.18. The molecule has 5 nitrogen and oxygen atoms in total. The molecule has 26 heavy (non-hydrogen) atoms. The molecular weight excluding hydrogens is 348 g/mol. The zero-order chi connectivity index (χ0) is 18.8. The summed E-state index contributed by atoms with van der Waals surface area (Å²) in [5, 5.41) is 4.33. The Morgan fingerprint density at radius 3 is 2.38 bits per heavy atom. The number of para-hydroxylation sites is 1. The first kappa shape index (κ1) is 18.6. The Balaban J connectivity index is 1.72. The van der Waals surface area contributed by atoms with Gasteiger partial charge in [-0.05, 0) is 44.5 Å². The number of sulfonamides is 1. The van der Waals surface area contributed by atoms with Crippen LogP contribution in [0.2, 0.25) is 0 Å². The highest BCUT2D eigenvalue weighted by Gasteiger charge is 2.24. The Morgan fingerprint density at radius 1 is 0.962 bits per heavy atom. The maximum Gasteiger partial charge on any atom is 0.241 e. The van der Waals surface area contributed by atoms with Crippen LogP contribution in [0.3, 0.4) is 0 Å². The average Bonchev–Trinajstić information content (AvgIpc) is 2.95. The number of fused-ring (bicyclic) bond motifs is 1. The molecule has 3 rings (SSSR count). The van der Waals surface area contributed by atoms with E-state index in [2.05, 4.69) is 10.0 Å². The van der Waals surface area contributed by atoms with Gasteiger partial charge in [0, 0.05) is 17.5 Å². The lowest BCUT2D eigenvalue weighted by Crippen LogP contribution is -2.40. The smallest absolute Gasteiger partial charge is 0.241 e. The van der Waals surface area contributed by atoms with Crippen molar-refractivity contribution in [2.75, 3.05) is 0 Å². The Labute approximate surface area is 154 Å². The van der Waals surface area contributed by atoms with Gasteiger partial charge in [-0.25, -0.2) is 13.1 Å². The van der Waals surface area contributed by atoms with Crippen LogP contribution in [0.25, 0.3) is 11.0 Å². The number of hydrogen-bond donors (Lipinski definition) is 2. The van der Waals surface area contributed by atoms with Crippen molar-refractivity contribution >= 4 is 21.0 Å². The van der Waals surface area contributed by atoms with Gasteiger partial charge in [-0.3, -0.25) is 0 Å². The summed E-state index contributed by atoms with van der Waals surface area (Å²) in [6.07, 6.45) is 0. The van der Waals surface area contributed by atoms with Crippen LogP contribution in [0, 0.1) is 0 Å². The van der Waals surface area contributed by atoms with Gasteiger partial charge in [0.15, 0.2) is 0 Å². The lowest BCUT2D eigenvalue weighted by molar-refractivity contribution is 0.490. The topological polar surface area (TPSA) is 71.3 Å². The van der Waals surface area contributed by atoms with Crippen LogP contribution in [-0.2, 0) is 23.1 Å². The van der Waals surface area contributed by atoms with Crippen molar-refractivity contribution in [2.24, 2.45) is 0 Å². The molecule has 0 fully saturated rings. The summed E-state index contributed by atoms with van der Waals surface area (Å²) in [4.78, 5) is 0.298. The number of rotatable bonds is 6. The van der Waals surface area contributed by atoms with Gasteiger partial charge in [0.1, 0.15) is 11.3 Å². The highest BCUT2D eigenvalue weighted by molar-refractivity contribution is 7.89. The molecule has 0 atom stereocenters.